The van der Waals surface area contributed by atoms with Crippen LogP contribution in [0.4, 0.5) is 17.1 Å². The highest BCUT2D eigenvalue weighted by Crippen LogP contribution is 2.20. The van der Waals surface area contributed by atoms with Gasteiger partial charge in [-0.15, -0.1) is 0 Å². The number of hydrogen-bond acceptors (Lipinski definition) is 4. The minimum absolute atomic E-state index is 0.0131. The molecule has 0 aliphatic heterocycles. The summed E-state index contributed by atoms with van der Waals surface area (Å²) >= 11 is 0. The van der Waals surface area contributed by atoms with Crippen LogP contribution in [0.3, 0.4) is 0 Å². The first-order valence-corrected chi connectivity index (χ1v) is 6.61. The lowest BCUT2D eigenvalue weighted by Crippen LogP contribution is -2.22. The molecule has 0 aliphatic carbocycles. The third-order valence-electron chi connectivity index (χ3n) is 3.20. The monoisotopic (exact) mass is 297 g/mol. The second kappa shape index (κ2) is 6.62. The average molecular weight is 297 g/mol. The van der Waals surface area contributed by atoms with Crippen LogP contribution in [-0.4, -0.2) is 24.1 Å². The van der Waals surface area contributed by atoms with Crippen molar-refractivity contribution in [3.63, 3.8) is 0 Å². The maximum atomic E-state index is 11.3. The van der Waals surface area contributed by atoms with Crippen LogP contribution in [0.1, 0.15) is 12.5 Å². The van der Waals surface area contributed by atoms with Gasteiger partial charge in [0.1, 0.15) is 0 Å². The summed E-state index contributed by atoms with van der Waals surface area (Å²) in [4.78, 5) is 27.5. The number of benzene rings is 2. The molecule has 22 heavy (non-hydrogen) atoms. The zero-order valence-corrected chi connectivity index (χ0v) is 12.3. The van der Waals surface area contributed by atoms with E-state index in [2.05, 4.69) is 4.99 Å². The van der Waals surface area contributed by atoms with Crippen molar-refractivity contribution in [3.05, 3.63) is 64.2 Å². The van der Waals surface area contributed by atoms with Gasteiger partial charge in [-0.05, 0) is 30.3 Å². The van der Waals surface area contributed by atoms with Gasteiger partial charge in [0.25, 0.3) is 5.69 Å². The van der Waals surface area contributed by atoms with Crippen molar-refractivity contribution in [3.8, 4) is 0 Å². The van der Waals surface area contributed by atoms with Crippen LogP contribution in [0.5, 0.6) is 0 Å². The lowest BCUT2D eigenvalue weighted by Gasteiger charge is -2.14. The minimum atomic E-state index is -0.438. The molecule has 0 fully saturated rings. The van der Waals surface area contributed by atoms with Crippen molar-refractivity contribution in [2.24, 2.45) is 4.99 Å². The Labute approximate surface area is 127 Å². The van der Waals surface area contributed by atoms with E-state index in [-0.39, 0.29) is 11.6 Å². The van der Waals surface area contributed by atoms with Gasteiger partial charge in [0, 0.05) is 31.9 Å². The van der Waals surface area contributed by atoms with E-state index in [1.54, 1.807) is 49.5 Å². The molecule has 1 amide bonds. The van der Waals surface area contributed by atoms with Crippen LogP contribution in [-0.2, 0) is 4.79 Å². The summed E-state index contributed by atoms with van der Waals surface area (Å²) in [5.74, 6) is -0.0591. The molecule has 0 atom stereocenters. The molecule has 0 radical (unpaired) electrons. The van der Waals surface area contributed by atoms with Gasteiger partial charge in [0.2, 0.25) is 5.91 Å². The number of carbonyl (C=O) groups excluding carboxylic acids is 1. The predicted octanol–water partition coefficient (Wildman–Crippen LogP) is 3.33. The summed E-state index contributed by atoms with van der Waals surface area (Å²) in [5, 5.41) is 10.9. The molecule has 0 heterocycles. The fourth-order valence-corrected chi connectivity index (χ4v) is 1.85. The van der Waals surface area contributed by atoms with Gasteiger partial charge in [0.15, 0.2) is 0 Å². The smallest absolute Gasteiger partial charge is 0.278 e. The number of anilines is 1. The van der Waals surface area contributed by atoms with Gasteiger partial charge in [-0.1, -0.05) is 12.1 Å². The largest absolute Gasteiger partial charge is 0.316 e. The van der Waals surface area contributed by atoms with Crippen molar-refractivity contribution in [2.45, 2.75) is 6.92 Å². The maximum Gasteiger partial charge on any atom is 0.278 e. The number of amides is 1. The Morgan fingerprint density at radius 2 is 1.82 bits per heavy atom. The number of hydrogen-bond donors (Lipinski definition) is 0. The van der Waals surface area contributed by atoms with Crippen molar-refractivity contribution >= 4 is 29.2 Å². The van der Waals surface area contributed by atoms with Crippen LogP contribution >= 0.6 is 0 Å². The van der Waals surface area contributed by atoms with Crippen LogP contribution in [0.2, 0.25) is 0 Å². The van der Waals surface area contributed by atoms with E-state index in [1.165, 1.54) is 24.1 Å². The highest BCUT2D eigenvalue weighted by Gasteiger charge is 2.10. The zero-order valence-electron chi connectivity index (χ0n) is 12.3. The van der Waals surface area contributed by atoms with E-state index >= 15 is 0 Å². The molecule has 0 saturated heterocycles. The molecule has 2 aromatic rings. The first-order valence-electron chi connectivity index (χ1n) is 6.61. The number of aliphatic imine (C=N–C) groups is 1. The van der Waals surface area contributed by atoms with Crippen LogP contribution in [0.15, 0.2) is 53.5 Å². The Morgan fingerprint density at radius 3 is 2.41 bits per heavy atom. The van der Waals surface area contributed by atoms with E-state index in [1.807, 2.05) is 0 Å². The van der Waals surface area contributed by atoms with E-state index in [4.69, 9.17) is 0 Å². The van der Waals surface area contributed by atoms with Gasteiger partial charge < -0.3 is 4.90 Å². The summed E-state index contributed by atoms with van der Waals surface area (Å²) < 4.78 is 0. The second-order valence-corrected chi connectivity index (χ2v) is 4.67. The third kappa shape index (κ3) is 3.54. The fraction of sp³-hybridized carbons (Fsp3) is 0.125. The number of nitro benzene ring substituents is 1. The van der Waals surface area contributed by atoms with Crippen molar-refractivity contribution < 1.29 is 9.72 Å². The Kier molecular flexibility index (Phi) is 4.63. The highest BCUT2D eigenvalue weighted by molar-refractivity contribution is 5.91. The van der Waals surface area contributed by atoms with Crippen LogP contribution in [0.25, 0.3) is 0 Å². The molecule has 0 spiro atoms. The Balaban J connectivity index is 2.21. The molecule has 2 rings (SSSR count). The van der Waals surface area contributed by atoms with Crippen LogP contribution < -0.4 is 4.90 Å². The Hall–Kier alpha value is -3.02. The zero-order chi connectivity index (χ0) is 16.1. The highest BCUT2D eigenvalue weighted by atomic mass is 16.6. The molecule has 0 unspecified atom stereocenters. The Bertz CT molecular complexity index is 724. The van der Waals surface area contributed by atoms with Gasteiger partial charge in [-0.3, -0.25) is 19.9 Å². The van der Waals surface area contributed by atoms with Crippen LogP contribution in [0, 0.1) is 10.1 Å². The summed E-state index contributed by atoms with van der Waals surface area (Å²) in [7, 11) is 1.69. The number of para-hydroxylation sites is 1. The minimum Gasteiger partial charge on any atom is -0.316 e. The van der Waals surface area contributed by atoms with Gasteiger partial charge in [-0.25, -0.2) is 0 Å². The molecule has 2 aromatic carbocycles. The van der Waals surface area contributed by atoms with E-state index < -0.39 is 4.92 Å². The maximum absolute atomic E-state index is 11.3. The van der Waals surface area contributed by atoms with E-state index in [9.17, 15) is 14.9 Å². The topological polar surface area (TPSA) is 75.8 Å². The third-order valence-corrected chi connectivity index (χ3v) is 3.20. The molecule has 112 valence electrons. The predicted molar refractivity (Wildman–Crippen MR) is 85.9 cm³/mol. The molecule has 6 heteroatoms. The summed E-state index contributed by atoms with van der Waals surface area (Å²) in [6.07, 6.45) is 1.46. The molecule has 0 saturated carbocycles. The number of rotatable bonds is 4. The molecule has 0 aliphatic rings. The quantitative estimate of drug-likeness (QED) is 0.493. The SMILES string of the molecule is CC(=O)N(C)c1ccc(N=Cc2ccccc2[N+](=O)[O-])cc1. The number of nitrogens with zero attached hydrogens (tertiary/aromatic N) is 3. The fourth-order valence-electron chi connectivity index (χ4n) is 1.85. The summed E-state index contributed by atoms with van der Waals surface area (Å²) in [6, 6.07) is 13.5. The second-order valence-electron chi connectivity index (χ2n) is 4.67. The molecular formula is C16H15N3O3. The first kappa shape index (κ1) is 15.4. The normalized spacial score (nSPS) is 10.6. The van der Waals surface area contributed by atoms with Crippen molar-refractivity contribution in [1.29, 1.82) is 0 Å². The standard InChI is InChI=1S/C16H15N3O3/c1-12(20)18(2)15-9-7-14(8-10-15)17-11-13-5-3-4-6-16(13)19(21)22/h3-11H,1-2H3. The molecular weight excluding hydrogens is 282 g/mol. The summed E-state index contributed by atoms with van der Waals surface area (Å²) in [6.45, 7) is 1.49. The molecule has 0 aromatic heterocycles. The summed E-state index contributed by atoms with van der Waals surface area (Å²) in [5.41, 5.74) is 1.87. The molecule has 0 N–H and O–H groups in total. The van der Waals surface area contributed by atoms with Gasteiger partial charge in [0.05, 0.1) is 16.2 Å². The number of carbonyl (C=O) groups is 1. The van der Waals surface area contributed by atoms with Crippen molar-refractivity contribution in [1.82, 2.24) is 0 Å². The van der Waals surface area contributed by atoms with Gasteiger partial charge >= 0.3 is 0 Å². The van der Waals surface area contributed by atoms with E-state index in [0.29, 0.717) is 11.3 Å². The number of nitro groups is 1. The molecule has 6 nitrogen and oxygen atoms in total. The van der Waals surface area contributed by atoms with Gasteiger partial charge in [-0.2, -0.15) is 0 Å². The van der Waals surface area contributed by atoms with E-state index in [0.717, 1.165) is 5.69 Å². The lowest BCUT2D eigenvalue weighted by atomic mass is 10.2. The Morgan fingerprint density at radius 1 is 1.18 bits per heavy atom. The van der Waals surface area contributed by atoms with Crippen molar-refractivity contribution in [2.75, 3.05) is 11.9 Å². The lowest BCUT2D eigenvalue weighted by molar-refractivity contribution is -0.385. The first-order chi connectivity index (χ1) is 10.5. The average Bonchev–Trinajstić information content (AvgIpc) is 2.52. The molecule has 0 bridgehead atoms.